The van der Waals surface area contributed by atoms with E-state index in [1.54, 1.807) is 6.92 Å². The molecule has 1 fully saturated rings. The molecule has 2 rings (SSSR count). The van der Waals surface area contributed by atoms with E-state index >= 15 is 0 Å². The van der Waals surface area contributed by atoms with Crippen LogP contribution in [-0.2, 0) is 11.3 Å². The van der Waals surface area contributed by atoms with Gasteiger partial charge in [0, 0.05) is 12.6 Å². The summed E-state index contributed by atoms with van der Waals surface area (Å²) in [7, 11) is 0. The molecule has 19 heavy (non-hydrogen) atoms. The minimum absolute atomic E-state index is 0.386. The summed E-state index contributed by atoms with van der Waals surface area (Å²) in [4.78, 5) is 15.6. The van der Waals surface area contributed by atoms with Crippen molar-refractivity contribution in [2.45, 2.75) is 64.6 Å². The topological polar surface area (TPSA) is 80.0 Å². The van der Waals surface area contributed by atoms with Crippen molar-refractivity contribution < 1.29 is 9.90 Å². The Bertz CT molecular complexity index is 467. The lowest BCUT2D eigenvalue weighted by Crippen LogP contribution is -2.50. The van der Waals surface area contributed by atoms with Gasteiger partial charge in [-0.15, -0.1) is 0 Å². The molecule has 0 bridgehead atoms. The maximum absolute atomic E-state index is 11.4. The smallest absolute Gasteiger partial charge is 0.323 e. The number of aromatic nitrogens is 3. The molecule has 1 heterocycles. The zero-order valence-electron chi connectivity index (χ0n) is 11.8. The number of aryl methyl sites for hydroxylation is 3. The molecule has 1 saturated carbocycles. The molecule has 0 aliphatic heterocycles. The van der Waals surface area contributed by atoms with E-state index in [2.05, 4.69) is 15.4 Å². The summed E-state index contributed by atoms with van der Waals surface area (Å²) in [6, 6.07) is 0.386. The fourth-order valence-corrected chi connectivity index (χ4v) is 2.27. The maximum Gasteiger partial charge on any atom is 0.323 e. The first-order valence-electron chi connectivity index (χ1n) is 6.80. The van der Waals surface area contributed by atoms with Gasteiger partial charge in [0.15, 0.2) is 0 Å². The lowest BCUT2D eigenvalue weighted by atomic mass is 9.95. The third kappa shape index (κ3) is 3.53. The van der Waals surface area contributed by atoms with Gasteiger partial charge in [-0.2, -0.15) is 5.10 Å². The van der Waals surface area contributed by atoms with E-state index < -0.39 is 11.5 Å². The molecule has 1 unspecified atom stereocenters. The number of carboxylic acids is 1. The molecule has 1 atom stereocenters. The van der Waals surface area contributed by atoms with Crippen LogP contribution in [0.25, 0.3) is 0 Å². The Balaban J connectivity index is 1.88. The first-order chi connectivity index (χ1) is 8.90. The van der Waals surface area contributed by atoms with Crippen LogP contribution in [0, 0.1) is 13.8 Å². The van der Waals surface area contributed by atoms with Crippen molar-refractivity contribution in [1.82, 2.24) is 20.1 Å². The molecule has 0 radical (unpaired) electrons. The van der Waals surface area contributed by atoms with E-state index in [4.69, 9.17) is 0 Å². The Morgan fingerprint density at radius 2 is 2.21 bits per heavy atom. The summed E-state index contributed by atoms with van der Waals surface area (Å²) in [5, 5.41) is 16.9. The van der Waals surface area contributed by atoms with Gasteiger partial charge in [0.1, 0.15) is 17.2 Å². The highest BCUT2D eigenvalue weighted by Crippen LogP contribution is 2.25. The molecule has 106 valence electrons. The van der Waals surface area contributed by atoms with Crippen LogP contribution in [0.3, 0.4) is 0 Å². The van der Waals surface area contributed by atoms with E-state index in [0.717, 1.165) is 30.9 Å². The zero-order chi connectivity index (χ0) is 14.0. The molecule has 2 N–H and O–H groups in total. The van der Waals surface area contributed by atoms with Crippen molar-refractivity contribution in [3.8, 4) is 0 Å². The van der Waals surface area contributed by atoms with Crippen LogP contribution in [0.4, 0.5) is 0 Å². The first-order valence-corrected chi connectivity index (χ1v) is 6.80. The van der Waals surface area contributed by atoms with Crippen molar-refractivity contribution in [3.63, 3.8) is 0 Å². The van der Waals surface area contributed by atoms with E-state index in [0.29, 0.717) is 19.0 Å². The van der Waals surface area contributed by atoms with Gasteiger partial charge in [0.05, 0.1) is 0 Å². The van der Waals surface area contributed by atoms with Crippen molar-refractivity contribution in [2.24, 2.45) is 0 Å². The predicted molar refractivity (Wildman–Crippen MR) is 70.9 cm³/mol. The number of rotatable bonds is 7. The lowest BCUT2D eigenvalue weighted by Gasteiger charge is -2.26. The second kappa shape index (κ2) is 5.28. The zero-order valence-corrected chi connectivity index (χ0v) is 11.8. The fraction of sp³-hybridized carbons (Fsp3) is 0.769. The van der Waals surface area contributed by atoms with E-state index in [9.17, 15) is 9.90 Å². The van der Waals surface area contributed by atoms with Gasteiger partial charge in [-0.05, 0) is 46.5 Å². The van der Waals surface area contributed by atoms with E-state index in [1.165, 1.54) is 0 Å². The quantitative estimate of drug-likeness (QED) is 0.777. The fourth-order valence-electron chi connectivity index (χ4n) is 2.27. The molecular weight excluding hydrogens is 244 g/mol. The van der Waals surface area contributed by atoms with Gasteiger partial charge in [0.2, 0.25) is 0 Å². The Kier molecular flexibility index (Phi) is 3.89. The molecule has 1 aromatic heterocycles. The van der Waals surface area contributed by atoms with Crippen LogP contribution in [0.15, 0.2) is 0 Å². The molecule has 6 heteroatoms. The molecule has 1 aliphatic rings. The van der Waals surface area contributed by atoms with Crippen molar-refractivity contribution in [1.29, 1.82) is 0 Å². The third-order valence-electron chi connectivity index (χ3n) is 3.58. The summed E-state index contributed by atoms with van der Waals surface area (Å²) in [5.74, 6) is 0.866. The Morgan fingerprint density at radius 3 is 2.68 bits per heavy atom. The van der Waals surface area contributed by atoms with Crippen LogP contribution in [0.2, 0.25) is 0 Å². The summed E-state index contributed by atoms with van der Waals surface area (Å²) >= 11 is 0. The standard InChI is InChI=1S/C13H22N4O2/c1-9-14-10(2)17(16-9)8-4-7-13(3,12(18)19)15-11-5-6-11/h11,15H,4-8H2,1-3H3,(H,18,19). The molecule has 0 aromatic carbocycles. The summed E-state index contributed by atoms with van der Waals surface area (Å²) in [5.41, 5.74) is -0.829. The number of hydrogen-bond acceptors (Lipinski definition) is 4. The van der Waals surface area contributed by atoms with Gasteiger partial charge in [-0.1, -0.05) is 0 Å². The molecule has 1 aliphatic carbocycles. The lowest BCUT2D eigenvalue weighted by molar-refractivity contribution is -0.144. The minimum Gasteiger partial charge on any atom is -0.480 e. The van der Waals surface area contributed by atoms with Crippen LogP contribution >= 0.6 is 0 Å². The summed E-state index contributed by atoms with van der Waals surface area (Å²) in [6.07, 6.45) is 3.54. The van der Waals surface area contributed by atoms with Crippen molar-refractivity contribution >= 4 is 5.97 Å². The van der Waals surface area contributed by atoms with E-state index in [1.807, 2.05) is 18.5 Å². The number of carboxylic acid groups (broad SMARTS) is 1. The molecule has 1 aromatic rings. The van der Waals surface area contributed by atoms with Crippen LogP contribution in [0.1, 0.15) is 44.3 Å². The van der Waals surface area contributed by atoms with E-state index in [-0.39, 0.29) is 0 Å². The summed E-state index contributed by atoms with van der Waals surface area (Å²) in [6.45, 7) is 6.26. The largest absolute Gasteiger partial charge is 0.480 e. The number of carbonyl (C=O) groups is 1. The van der Waals surface area contributed by atoms with Crippen molar-refractivity contribution in [2.75, 3.05) is 0 Å². The van der Waals surface area contributed by atoms with Gasteiger partial charge < -0.3 is 5.11 Å². The van der Waals surface area contributed by atoms with Crippen LogP contribution in [0.5, 0.6) is 0 Å². The number of aliphatic carboxylic acids is 1. The Hall–Kier alpha value is -1.43. The minimum atomic E-state index is -0.829. The molecule has 6 nitrogen and oxygen atoms in total. The van der Waals surface area contributed by atoms with Gasteiger partial charge in [-0.3, -0.25) is 14.8 Å². The summed E-state index contributed by atoms with van der Waals surface area (Å²) < 4.78 is 1.84. The highest BCUT2D eigenvalue weighted by atomic mass is 16.4. The Labute approximate surface area is 113 Å². The van der Waals surface area contributed by atoms with Gasteiger partial charge in [-0.25, -0.2) is 4.98 Å². The van der Waals surface area contributed by atoms with Crippen LogP contribution < -0.4 is 5.32 Å². The highest BCUT2D eigenvalue weighted by molar-refractivity contribution is 5.78. The monoisotopic (exact) mass is 266 g/mol. The van der Waals surface area contributed by atoms with Crippen LogP contribution in [-0.4, -0.2) is 37.4 Å². The first kappa shape index (κ1) is 14.0. The van der Waals surface area contributed by atoms with Gasteiger partial charge >= 0.3 is 5.97 Å². The second-order valence-electron chi connectivity index (χ2n) is 5.59. The highest BCUT2D eigenvalue weighted by Gasteiger charge is 2.37. The van der Waals surface area contributed by atoms with Gasteiger partial charge in [0.25, 0.3) is 0 Å². The molecule has 0 spiro atoms. The Morgan fingerprint density at radius 1 is 1.53 bits per heavy atom. The predicted octanol–water partition coefficient (Wildman–Crippen LogP) is 1.27. The maximum atomic E-state index is 11.4. The number of hydrogen-bond donors (Lipinski definition) is 2. The number of nitrogens with zero attached hydrogens (tertiary/aromatic N) is 3. The molecule has 0 amide bonds. The SMILES string of the molecule is Cc1nc(C)n(CCCC(C)(NC2CC2)C(=O)O)n1. The molecular formula is C13H22N4O2. The normalized spacial score (nSPS) is 18.3. The molecule has 0 saturated heterocycles. The average molecular weight is 266 g/mol. The average Bonchev–Trinajstić information content (AvgIpc) is 3.05. The second-order valence-corrected chi connectivity index (χ2v) is 5.59. The number of nitrogens with one attached hydrogen (secondary N) is 1. The van der Waals surface area contributed by atoms with Crippen molar-refractivity contribution in [3.05, 3.63) is 11.6 Å². The third-order valence-corrected chi connectivity index (χ3v) is 3.58.